The van der Waals surface area contributed by atoms with Crippen molar-refractivity contribution in [1.29, 1.82) is 0 Å². The van der Waals surface area contributed by atoms with Crippen LogP contribution in [0.5, 0.6) is 0 Å². The van der Waals surface area contributed by atoms with E-state index < -0.39 is 0 Å². The quantitative estimate of drug-likeness (QED) is 0.834. The number of rotatable bonds is 6. The number of hydrogen-bond acceptors (Lipinski definition) is 3. The predicted molar refractivity (Wildman–Crippen MR) is 75.7 cm³/mol. The molecule has 1 N–H and O–H groups in total. The Morgan fingerprint density at radius 1 is 1.39 bits per heavy atom. The van der Waals surface area contributed by atoms with Gasteiger partial charge >= 0.3 is 0 Å². The molecule has 1 unspecified atom stereocenters. The van der Waals surface area contributed by atoms with Gasteiger partial charge in [-0.25, -0.2) is 0 Å². The molecule has 1 aliphatic heterocycles. The standard InChI is InChI=1S/C15H25N3/c1-13(2)18(12-15-4-3-8-17-15)11-7-14-5-9-16-10-6-14/h5-6,9-10,13,15,17H,3-4,7-8,11-12H2,1-2H3. The second kappa shape index (κ2) is 6.86. The summed E-state index contributed by atoms with van der Waals surface area (Å²) in [5, 5.41) is 3.59. The topological polar surface area (TPSA) is 28.2 Å². The van der Waals surface area contributed by atoms with Gasteiger partial charge in [-0.05, 0) is 57.4 Å². The van der Waals surface area contributed by atoms with Crippen LogP contribution in [0.25, 0.3) is 0 Å². The Morgan fingerprint density at radius 3 is 2.78 bits per heavy atom. The summed E-state index contributed by atoms with van der Waals surface area (Å²) in [6.45, 7) is 8.10. The number of aromatic nitrogens is 1. The molecule has 0 amide bonds. The smallest absolute Gasteiger partial charge is 0.0270 e. The lowest BCUT2D eigenvalue weighted by molar-refractivity contribution is 0.205. The molecule has 1 aromatic rings. The Balaban J connectivity index is 1.82. The summed E-state index contributed by atoms with van der Waals surface area (Å²) in [6.07, 6.45) is 7.55. The van der Waals surface area contributed by atoms with Crippen LogP contribution in [0.2, 0.25) is 0 Å². The predicted octanol–water partition coefficient (Wildman–Crippen LogP) is 2.09. The van der Waals surface area contributed by atoms with Crippen molar-refractivity contribution in [2.45, 2.75) is 45.2 Å². The van der Waals surface area contributed by atoms with Crippen molar-refractivity contribution in [1.82, 2.24) is 15.2 Å². The first-order valence-corrected chi connectivity index (χ1v) is 7.12. The van der Waals surface area contributed by atoms with Crippen molar-refractivity contribution >= 4 is 0 Å². The number of pyridine rings is 1. The van der Waals surface area contributed by atoms with Crippen LogP contribution >= 0.6 is 0 Å². The van der Waals surface area contributed by atoms with E-state index >= 15 is 0 Å². The van der Waals surface area contributed by atoms with Crippen LogP contribution in [0.15, 0.2) is 24.5 Å². The molecule has 2 heterocycles. The lowest BCUT2D eigenvalue weighted by Gasteiger charge is -2.29. The normalized spacial score (nSPS) is 19.9. The van der Waals surface area contributed by atoms with Crippen molar-refractivity contribution in [3.63, 3.8) is 0 Å². The van der Waals surface area contributed by atoms with E-state index in [0.29, 0.717) is 12.1 Å². The van der Waals surface area contributed by atoms with Gasteiger partial charge in [0.05, 0.1) is 0 Å². The first kappa shape index (κ1) is 13.5. The number of nitrogens with one attached hydrogen (secondary N) is 1. The average Bonchev–Trinajstić information content (AvgIpc) is 2.88. The maximum absolute atomic E-state index is 4.07. The molecule has 1 aromatic heterocycles. The third-order valence-corrected chi connectivity index (χ3v) is 3.78. The van der Waals surface area contributed by atoms with E-state index in [4.69, 9.17) is 0 Å². The average molecular weight is 247 g/mol. The first-order valence-electron chi connectivity index (χ1n) is 7.12. The zero-order valence-corrected chi connectivity index (χ0v) is 11.6. The van der Waals surface area contributed by atoms with Gasteiger partial charge in [-0.1, -0.05) is 0 Å². The zero-order valence-electron chi connectivity index (χ0n) is 11.6. The number of hydrogen-bond donors (Lipinski definition) is 1. The lowest BCUT2D eigenvalue weighted by Crippen LogP contribution is -2.42. The minimum Gasteiger partial charge on any atom is -0.313 e. The van der Waals surface area contributed by atoms with Gasteiger partial charge in [0, 0.05) is 37.6 Å². The molecule has 1 atom stereocenters. The fraction of sp³-hybridized carbons (Fsp3) is 0.667. The Bertz CT molecular complexity index is 331. The zero-order chi connectivity index (χ0) is 12.8. The molecule has 0 aliphatic carbocycles. The third-order valence-electron chi connectivity index (χ3n) is 3.78. The molecule has 0 saturated carbocycles. The second-order valence-corrected chi connectivity index (χ2v) is 5.49. The van der Waals surface area contributed by atoms with Gasteiger partial charge in [-0.3, -0.25) is 9.88 Å². The molecule has 0 radical (unpaired) electrons. The molecule has 1 fully saturated rings. The first-order chi connectivity index (χ1) is 8.75. The van der Waals surface area contributed by atoms with Crippen LogP contribution in [-0.4, -0.2) is 41.6 Å². The lowest BCUT2D eigenvalue weighted by atomic mass is 10.1. The van der Waals surface area contributed by atoms with Crippen molar-refractivity contribution in [2.24, 2.45) is 0 Å². The molecule has 18 heavy (non-hydrogen) atoms. The maximum Gasteiger partial charge on any atom is 0.0270 e. The molecule has 0 aromatic carbocycles. The van der Waals surface area contributed by atoms with E-state index in [1.54, 1.807) is 0 Å². The SMILES string of the molecule is CC(C)N(CCc1ccncc1)CC1CCCN1. The Labute approximate surface area is 111 Å². The van der Waals surface area contributed by atoms with Crippen molar-refractivity contribution < 1.29 is 0 Å². The molecule has 0 bridgehead atoms. The second-order valence-electron chi connectivity index (χ2n) is 5.49. The minimum absolute atomic E-state index is 0.620. The fourth-order valence-corrected chi connectivity index (χ4v) is 2.58. The molecular weight excluding hydrogens is 222 g/mol. The van der Waals surface area contributed by atoms with E-state index in [1.165, 1.54) is 31.5 Å². The fourth-order valence-electron chi connectivity index (χ4n) is 2.58. The van der Waals surface area contributed by atoms with Crippen molar-refractivity contribution in [3.05, 3.63) is 30.1 Å². The van der Waals surface area contributed by atoms with E-state index in [2.05, 4.69) is 41.2 Å². The van der Waals surface area contributed by atoms with Gasteiger partial charge in [0.2, 0.25) is 0 Å². The summed E-state index contributed by atoms with van der Waals surface area (Å²) < 4.78 is 0. The Hall–Kier alpha value is -0.930. The molecule has 3 heteroatoms. The maximum atomic E-state index is 4.07. The summed E-state index contributed by atoms with van der Waals surface area (Å²) in [7, 11) is 0. The van der Waals surface area contributed by atoms with Gasteiger partial charge in [0.25, 0.3) is 0 Å². The highest BCUT2D eigenvalue weighted by molar-refractivity contribution is 5.10. The summed E-state index contributed by atoms with van der Waals surface area (Å²) in [4.78, 5) is 6.65. The third kappa shape index (κ3) is 4.07. The van der Waals surface area contributed by atoms with Crippen LogP contribution in [0.1, 0.15) is 32.3 Å². The van der Waals surface area contributed by atoms with Crippen LogP contribution in [0.4, 0.5) is 0 Å². The van der Waals surface area contributed by atoms with Crippen molar-refractivity contribution in [3.8, 4) is 0 Å². The molecule has 0 spiro atoms. The van der Waals surface area contributed by atoms with Gasteiger partial charge in [-0.15, -0.1) is 0 Å². The van der Waals surface area contributed by atoms with Crippen LogP contribution in [0.3, 0.4) is 0 Å². The van der Waals surface area contributed by atoms with Gasteiger partial charge in [0.1, 0.15) is 0 Å². The molecule has 1 saturated heterocycles. The van der Waals surface area contributed by atoms with Gasteiger partial charge in [-0.2, -0.15) is 0 Å². The van der Waals surface area contributed by atoms with Gasteiger partial charge < -0.3 is 5.32 Å². The van der Waals surface area contributed by atoms with E-state index in [0.717, 1.165) is 13.0 Å². The number of nitrogens with zero attached hydrogens (tertiary/aromatic N) is 2. The van der Waals surface area contributed by atoms with Crippen LogP contribution in [-0.2, 0) is 6.42 Å². The van der Waals surface area contributed by atoms with E-state index in [1.807, 2.05) is 12.4 Å². The summed E-state index contributed by atoms with van der Waals surface area (Å²) in [6, 6.07) is 5.55. The van der Waals surface area contributed by atoms with Crippen molar-refractivity contribution in [2.75, 3.05) is 19.6 Å². The molecule has 100 valence electrons. The van der Waals surface area contributed by atoms with Crippen LogP contribution < -0.4 is 5.32 Å². The molecule has 3 nitrogen and oxygen atoms in total. The van der Waals surface area contributed by atoms with Crippen LogP contribution in [0, 0.1) is 0 Å². The highest BCUT2D eigenvalue weighted by Gasteiger charge is 2.19. The molecule has 1 aliphatic rings. The summed E-state index contributed by atoms with van der Waals surface area (Å²) >= 11 is 0. The van der Waals surface area contributed by atoms with E-state index in [-0.39, 0.29) is 0 Å². The Kier molecular flexibility index (Phi) is 5.14. The monoisotopic (exact) mass is 247 g/mol. The summed E-state index contributed by atoms with van der Waals surface area (Å²) in [5.41, 5.74) is 1.38. The molecular formula is C15H25N3. The highest BCUT2D eigenvalue weighted by Crippen LogP contribution is 2.10. The summed E-state index contributed by atoms with van der Waals surface area (Å²) in [5.74, 6) is 0. The minimum atomic E-state index is 0.620. The Morgan fingerprint density at radius 2 is 2.17 bits per heavy atom. The van der Waals surface area contributed by atoms with E-state index in [9.17, 15) is 0 Å². The highest BCUT2D eigenvalue weighted by atomic mass is 15.2. The van der Waals surface area contributed by atoms with Gasteiger partial charge in [0.15, 0.2) is 0 Å². The largest absolute Gasteiger partial charge is 0.313 e. The molecule has 2 rings (SSSR count).